The van der Waals surface area contributed by atoms with Gasteiger partial charge in [-0.15, -0.1) is 0 Å². The minimum absolute atomic E-state index is 0.386. The first-order valence-corrected chi connectivity index (χ1v) is 6.76. The summed E-state index contributed by atoms with van der Waals surface area (Å²) in [5, 5.41) is 0.976. The summed E-state index contributed by atoms with van der Waals surface area (Å²) in [5.74, 6) is 0.406. The average molecular weight is 274 g/mol. The molecular weight excluding hydrogens is 258 g/mol. The smallest absolute Gasteiger partial charge is 0.338 e. The molecule has 0 amide bonds. The van der Waals surface area contributed by atoms with Gasteiger partial charge in [0.05, 0.1) is 5.56 Å². The maximum atomic E-state index is 11.6. The fourth-order valence-electron chi connectivity index (χ4n) is 1.23. The molecule has 0 unspecified atom stereocenters. The number of anilines is 1. The first-order chi connectivity index (χ1) is 7.99. The third-order valence-electron chi connectivity index (χ3n) is 1.92. The van der Waals surface area contributed by atoms with Gasteiger partial charge in [-0.1, -0.05) is 25.4 Å². The van der Waals surface area contributed by atoms with Crippen LogP contribution in [0.3, 0.4) is 0 Å². The molecule has 0 spiro atoms. The van der Waals surface area contributed by atoms with E-state index in [4.69, 9.17) is 22.1 Å². The van der Waals surface area contributed by atoms with Gasteiger partial charge in [0.2, 0.25) is 0 Å². The van der Waals surface area contributed by atoms with Crippen LogP contribution in [0.15, 0.2) is 18.2 Å². The number of hydrogen-bond donors (Lipinski definition) is 1. The molecule has 0 aliphatic heterocycles. The molecule has 0 heterocycles. The van der Waals surface area contributed by atoms with Gasteiger partial charge >= 0.3 is 5.97 Å². The van der Waals surface area contributed by atoms with Gasteiger partial charge in [0.25, 0.3) is 0 Å². The lowest BCUT2D eigenvalue weighted by molar-refractivity contribution is 0.0530. The van der Waals surface area contributed by atoms with Gasteiger partial charge in [-0.25, -0.2) is 4.79 Å². The van der Waals surface area contributed by atoms with E-state index < -0.39 is 0 Å². The van der Waals surface area contributed by atoms with E-state index >= 15 is 0 Å². The number of carbonyl (C=O) groups is 1. The van der Waals surface area contributed by atoms with Crippen LogP contribution in [0, 0.1) is 0 Å². The molecule has 2 N–H and O–H groups in total. The minimum atomic E-state index is -0.386. The zero-order chi connectivity index (χ0) is 12.8. The van der Waals surface area contributed by atoms with Gasteiger partial charge in [-0.3, -0.25) is 0 Å². The van der Waals surface area contributed by atoms with E-state index in [2.05, 4.69) is 13.8 Å². The molecule has 0 aromatic heterocycles. The monoisotopic (exact) mass is 273 g/mol. The maximum absolute atomic E-state index is 11.6. The molecule has 0 fully saturated rings. The largest absolute Gasteiger partial charge is 0.461 e. The number of rotatable bonds is 5. The summed E-state index contributed by atoms with van der Waals surface area (Å²) >= 11 is 7.55. The Morgan fingerprint density at radius 3 is 2.76 bits per heavy atom. The van der Waals surface area contributed by atoms with Crippen molar-refractivity contribution in [3.05, 3.63) is 28.8 Å². The highest BCUT2D eigenvalue weighted by atomic mass is 35.5. The quantitative estimate of drug-likeness (QED) is 0.508. The van der Waals surface area contributed by atoms with Crippen LogP contribution in [0.1, 0.15) is 24.2 Å². The predicted molar refractivity (Wildman–Crippen MR) is 73.7 cm³/mol. The first kappa shape index (κ1) is 14.2. The second kappa shape index (κ2) is 6.77. The molecule has 5 heteroatoms. The molecule has 0 radical (unpaired) electrons. The van der Waals surface area contributed by atoms with Crippen molar-refractivity contribution in [2.24, 2.45) is 0 Å². The normalized spacial score (nSPS) is 10.6. The molecule has 0 saturated carbocycles. The van der Waals surface area contributed by atoms with Gasteiger partial charge in [0.15, 0.2) is 0 Å². The summed E-state index contributed by atoms with van der Waals surface area (Å²) in [4.78, 5) is 11.6. The van der Waals surface area contributed by atoms with Crippen molar-refractivity contribution in [2.45, 2.75) is 19.1 Å². The lowest BCUT2D eigenvalue weighted by Crippen LogP contribution is -2.09. The number of ether oxygens (including phenoxy) is 1. The van der Waals surface area contributed by atoms with Gasteiger partial charge in [0.1, 0.15) is 6.61 Å². The number of nitrogens with two attached hydrogens (primary N) is 1. The molecule has 0 atom stereocenters. The summed E-state index contributed by atoms with van der Waals surface area (Å²) in [5.41, 5.74) is 6.45. The first-order valence-electron chi connectivity index (χ1n) is 5.34. The van der Waals surface area contributed by atoms with Gasteiger partial charge < -0.3 is 10.5 Å². The Labute approximate surface area is 111 Å². The molecular formula is C12H16ClNO2S. The van der Waals surface area contributed by atoms with Crippen LogP contribution in [-0.4, -0.2) is 23.6 Å². The molecule has 3 nitrogen and oxygen atoms in total. The Morgan fingerprint density at radius 2 is 2.18 bits per heavy atom. The van der Waals surface area contributed by atoms with Crippen molar-refractivity contribution < 1.29 is 9.53 Å². The Morgan fingerprint density at radius 1 is 1.47 bits per heavy atom. The fraction of sp³-hybridized carbons (Fsp3) is 0.417. The SMILES string of the molecule is CC(C)SCCOC(=O)c1cc(N)cc(Cl)c1. The van der Waals surface area contributed by atoms with Crippen molar-refractivity contribution in [3.8, 4) is 0 Å². The lowest BCUT2D eigenvalue weighted by Gasteiger charge is -2.07. The van der Waals surface area contributed by atoms with Gasteiger partial charge in [-0.05, 0) is 23.4 Å². The van der Waals surface area contributed by atoms with E-state index in [0.29, 0.717) is 28.1 Å². The summed E-state index contributed by atoms with van der Waals surface area (Å²) < 4.78 is 5.11. The topological polar surface area (TPSA) is 52.3 Å². The standard InChI is InChI=1S/C12H16ClNO2S/c1-8(2)17-4-3-16-12(15)9-5-10(13)7-11(14)6-9/h5-8H,3-4,14H2,1-2H3. The summed E-state index contributed by atoms with van der Waals surface area (Å²) in [6, 6.07) is 4.70. The number of thioether (sulfide) groups is 1. The van der Waals surface area contributed by atoms with Crippen molar-refractivity contribution in [1.82, 2.24) is 0 Å². The molecule has 0 saturated heterocycles. The van der Waals surface area contributed by atoms with Crippen LogP contribution in [-0.2, 0) is 4.74 Å². The summed E-state index contributed by atoms with van der Waals surface area (Å²) in [7, 11) is 0. The number of halogens is 1. The Balaban J connectivity index is 2.47. The van der Waals surface area contributed by atoms with Crippen LogP contribution >= 0.6 is 23.4 Å². The van der Waals surface area contributed by atoms with Crippen molar-refractivity contribution in [2.75, 3.05) is 18.1 Å². The maximum Gasteiger partial charge on any atom is 0.338 e. The Bertz CT molecular complexity index is 376. The second-order valence-electron chi connectivity index (χ2n) is 3.83. The summed E-state index contributed by atoms with van der Waals surface area (Å²) in [6.45, 7) is 4.60. The molecule has 94 valence electrons. The van der Waals surface area contributed by atoms with Crippen LogP contribution in [0.5, 0.6) is 0 Å². The zero-order valence-electron chi connectivity index (χ0n) is 9.90. The average Bonchev–Trinajstić information content (AvgIpc) is 2.22. The summed E-state index contributed by atoms with van der Waals surface area (Å²) in [6.07, 6.45) is 0. The van der Waals surface area contributed by atoms with Crippen LogP contribution in [0.25, 0.3) is 0 Å². The molecule has 1 rings (SSSR count). The highest BCUT2D eigenvalue weighted by Gasteiger charge is 2.08. The number of benzene rings is 1. The Kier molecular flexibility index (Phi) is 5.65. The highest BCUT2D eigenvalue weighted by molar-refractivity contribution is 7.99. The zero-order valence-corrected chi connectivity index (χ0v) is 11.5. The number of esters is 1. The molecule has 0 aliphatic carbocycles. The molecule has 17 heavy (non-hydrogen) atoms. The van der Waals surface area contributed by atoms with E-state index in [9.17, 15) is 4.79 Å². The van der Waals surface area contributed by atoms with Crippen molar-refractivity contribution in [1.29, 1.82) is 0 Å². The highest BCUT2D eigenvalue weighted by Crippen LogP contribution is 2.17. The van der Waals surface area contributed by atoms with Crippen LogP contribution < -0.4 is 5.73 Å². The predicted octanol–water partition coefficient (Wildman–Crippen LogP) is 3.22. The van der Waals surface area contributed by atoms with Crippen LogP contribution in [0.4, 0.5) is 5.69 Å². The van der Waals surface area contributed by atoms with E-state index in [1.54, 1.807) is 30.0 Å². The van der Waals surface area contributed by atoms with Crippen LogP contribution in [0.2, 0.25) is 5.02 Å². The third kappa shape index (κ3) is 5.33. The van der Waals surface area contributed by atoms with E-state index in [-0.39, 0.29) is 5.97 Å². The lowest BCUT2D eigenvalue weighted by atomic mass is 10.2. The van der Waals surface area contributed by atoms with Crippen molar-refractivity contribution in [3.63, 3.8) is 0 Å². The molecule has 0 aliphatic rings. The minimum Gasteiger partial charge on any atom is -0.461 e. The van der Waals surface area contributed by atoms with E-state index in [1.807, 2.05) is 0 Å². The fourth-order valence-corrected chi connectivity index (χ4v) is 2.13. The molecule has 0 bridgehead atoms. The molecule has 1 aromatic carbocycles. The van der Waals surface area contributed by atoms with Crippen molar-refractivity contribution >= 4 is 35.0 Å². The van der Waals surface area contributed by atoms with E-state index in [1.165, 1.54) is 0 Å². The van der Waals surface area contributed by atoms with E-state index in [0.717, 1.165) is 5.75 Å². The van der Waals surface area contributed by atoms with Gasteiger partial charge in [-0.2, -0.15) is 11.8 Å². The number of hydrogen-bond acceptors (Lipinski definition) is 4. The number of nitrogen functional groups attached to an aromatic ring is 1. The number of carbonyl (C=O) groups excluding carboxylic acids is 1. The second-order valence-corrected chi connectivity index (χ2v) is 5.95. The van der Waals surface area contributed by atoms with Gasteiger partial charge in [0, 0.05) is 16.5 Å². The molecule has 1 aromatic rings. The third-order valence-corrected chi connectivity index (χ3v) is 3.21. The Hall–Kier alpha value is -0.870.